The minimum absolute atomic E-state index is 0.413. The molecule has 4 heteroatoms. The maximum absolute atomic E-state index is 6.15. The molecule has 1 aromatic heterocycles. The highest BCUT2D eigenvalue weighted by Crippen LogP contribution is 2.18. The van der Waals surface area contributed by atoms with Gasteiger partial charge in [-0.25, -0.2) is 4.98 Å². The quantitative estimate of drug-likeness (QED) is 0.586. The monoisotopic (exact) mass is 312 g/mol. The van der Waals surface area contributed by atoms with Crippen LogP contribution in [0, 0.1) is 0 Å². The van der Waals surface area contributed by atoms with Gasteiger partial charge < -0.3 is 10.1 Å². The lowest BCUT2D eigenvalue weighted by molar-refractivity contribution is 0.292. The number of nitrogens with zero attached hydrogens (tertiary/aromatic N) is 1. The smallest absolute Gasteiger partial charge is 0.213 e. The predicted octanol–water partition coefficient (Wildman–Crippen LogP) is 4.97. The largest absolute Gasteiger partial charge is 0.478 e. The van der Waals surface area contributed by atoms with Crippen LogP contribution >= 0.6 is 11.6 Å². The van der Waals surface area contributed by atoms with Crippen molar-refractivity contribution in [1.82, 2.24) is 10.3 Å². The molecular formula is C17H29ClN2O. The van der Waals surface area contributed by atoms with E-state index in [-0.39, 0.29) is 0 Å². The van der Waals surface area contributed by atoms with Crippen LogP contribution in [0.4, 0.5) is 0 Å². The molecule has 1 heterocycles. The van der Waals surface area contributed by atoms with Gasteiger partial charge in [0.05, 0.1) is 17.3 Å². The van der Waals surface area contributed by atoms with Crippen LogP contribution in [0.15, 0.2) is 12.1 Å². The van der Waals surface area contributed by atoms with Gasteiger partial charge in [0.25, 0.3) is 0 Å². The summed E-state index contributed by atoms with van der Waals surface area (Å²) in [6, 6.07) is 4.12. The van der Waals surface area contributed by atoms with Gasteiger partial charge >= 0.3 is 0 Å². The summed E-state index contributed by atoms with van der Waals surface area (Å²) in [6.07, 6.45) is 7.59. The lowest BCUT2D eigenvalue weighted by Crippen LogP contribution is -2.22. The van der Waals surface area contributed by atoms with Crippen molar-refractivity contribution in [2.24, 2.45) is 0 Å². The summed E-state index contributed by atoms with van der Waals surface area (Å²) in [4.78, 5) is 4.47. The molecule has 1 aromatic rings. The fraction of sp³-hybridized carbons (Fsp3) is 0.706. The lowest BCUT2D eigenvalue weighted by atomic mass is 10.1. The minimum Gasteiger partial charge on any atom is -0.478 e. The van der Waals surface area contributed by atoms with E-state index in [1.54, 1.807) is 0 Å². The Balaban J connectivity index is 2.30. The van der Waals surface area contributed by atoms with Crippen LogP contribution in [0.2, 0.25) is 5.02 Å². The van der Waals surface area contributed by atoms with Gasteiger partial charge in [0.2, 0.25) is 5.88 Å². The zero-order chi connectivity index (χ0) is 15.5. The molecule has 120 valence electrons. The third kappa shape index (κ3) is 8.27. The number of ether oxygens (including phenoxy) is 1. The van der Waals surface area contributed by atoms with E-state index < -0.39 is 0 Å². The van der Waals surface area contributed by atoms with Crippen LogP contribution in [0.3, 0.4) is 0 Å². The van der Waals surface area contributed by atoms with E-state index >= 15 is 0 Å². The van der Waals surface area contributed by atoms with E-state index in [9.17, 15) is 0 Å². The summed E-state index contributed by atoms with van der Waals surface area (Å²) in [5, 5.41) is 4.01. The lowest BCUT2D eigenvalue weighted by Gasteiger charge is -2.11. The zero-order valence-corrected chi connectivity index (χ0v) is 14.4. The van der Waals surface area contributed by atoms with Crippen LogP contribution < -0.4 is 10.1 Å². The molecule has 0 radical (unpaired) electrons. The minimum atomic E-state index is 0.413. The molecule has 21 heavy (non-hydrogen) atoms. The number of hydrogen-bond acceptors (Lipinski definition) is 3. The molecule has 0 unspecified atom stereocenters. The Morgan fingerprint density at radius 2 is 1.86 bits per heavy atom. The third-order valence-corrected chi connectivity index (χ3v) is 3.66. The summed E-state index contributed by atoms with van der Waals surface area (Å²) in [6.45, 7) is 7.85. The Bertz CT molecular complexity index is 396. The van der Waals surface area contributed by atoms with Gasteiger partial charge in [0, 0.05) is 18.7 Å². The van der Waals surface area contributed by atoms with Gasteiger partial charge in [-0.15, -0.1) is 0 Å². The Kier molecular flexibility index (Phi) is 9.44. The van der Waals surface area contributed by atoms with Crippen LogP contribution in [0.5, 0.6) is 5.88 Å². The Morgan fingerprint density at radius 3 is 2.57 bits per heavy atom. The second-order valence-corrected chi connectivity index (χ2v) is 6.14. The average Bonchev–Trinajstić information content (AvgIpc) is 2.46. The number of nitrogens with one attached hydrogen (secondary N) is 1. The van der Waals surface area contributed by atoms with Crippen molar-refractivity contribution in [2.45, 2.75) is 71.9 Å². The van der Waals surface area contributed by atoms with Crippen molar-refractivity contribution in [3.8, 4) is 5.88 Å². The van der Waals surface area contributed by atoms with Gasteiger partial charge in [-0.3, -0.25) is 0 Å². The molecule has 1 N–H and O–H groups in total. The molecule has 0 aliphatic rings. The average molecular weight is 313 g/mol. The highest BCUT2D eigenvalue weighted by Gasteiger charge is 2.05. The highest BCUT2D eigenvalue weighted by molar-refractivity contribution is 6.31. The maximum Gasteiger partial charge on any atom is 0.213 e. The topological polar surface area (TPSA) is 34.1 Å². The second-order valence-electron chi connectivity index (χ2n) is 5.73. The van der Waals surface area contributed by atoms with Crippen molar-refractivity contribution >= 4 is 11.6 Å². The van der Waals surface area contributed by atoms with Gasteiger partial charge in [-0.1, -0.05) is 64.5 Å². The molecule has 0 saturated carbocycles. The molecule has 0 atom stereocenters. The summed E-state index contributed by atoms with van der Waals surface area (Å²) in [5.74, 6) is 0.675. The number of aromatic nitrogens is 1. The molecule has 0 aromatic carbocycles. The van der Waals surface area contributed by atoms with Crippen molar-refractivity contribution < 1.29 is 4.74 Å². The van der Waals surface area contributed by atoms with E-state index in [4.69, 9.17) is 16.3 Å². The standard InChI is InChI=1S/C17H29ClN2O/c1-4-5-6-7-8-9-12-21-17-11-10-15(18)16(20-17)13-19-14(2)3/h10-11,14,19H,4-9,12-13H2,1-3H3. The number of hydrogen-bond donors (Lipinski definition) is 1. The maximum atomic E-state index is 6.15. The first-order valence-corrected chi connectivity index (χ1v) is 8.53. The molecule has 0 fully saturated rings. The summed E-state index contributed by atoms with van der Waals surface area (Å²) < 4.78 is 5.72. The first-order valence-electron chi connectivity index (χ1n) is 8.15. The number of pyridine rings is 1. The van der Waals surface area contributed by atoms with Crippen molar-refractivity contribution in [3.05, 3.63) is 22.8 Å². The number of rotatable bonds is 11. The molecule has 1 rings (SSSR count). The van der Waals surface area contributed by atoms with Gasteiger partial charge in [0.15, 0.2) is 0 Å². The fourth-order valence-corrected chi connectivity index (χ4v) is 2.20. The number of halogens is 1. The number of unbranched alkanes of at least 4 members (excludes halogenated alkanes) is 5. The Morgan fingerprint density at radius 1 is 1.14 bits per heavy atom. The van der Waals surface area contributed by atoms with Gasteiger partial charge in [0.1, 0.15) is 0 Å². The van der Waals surface area contributed by atoms with E-state index in [1.165, 1.54) is 32.1 Å². The predicted molar refractivity (Wildman–Crippen MR) is 90.1 cm³/mol. The molecule has 0 aliphatic carbocycles. The zero-order valence-electron chi connectivity index (χ0n) is 13.6. The normalized spacial score (nSPS) is 11.1. The molecule has 0 bridgehead atoms. The van der Waals surface area contributed by atoms with Crippen molar-refractivity contribution in [3.63, 3.8) is 0 Å². The molecular weight excluding hydrogens is 284 g/mol. The Hall–Kier alpha value is -0.800. The molecule has 0 spiro atoms. The van der Waals surface area contributed by atoms with Crippen LogP contribution in [0.25, 0.3) is 0 Å². The van der Waals surface area contributed by atoms with Crippen LogP contribution in [0.1, 0.15) is 65.0 Å². The highest BCUT2D eigenvalue weighted by atomic mass is 35.5. The van der Waals surface area contributed by atoms with Gasteiger partial charge in [-0.2, -0.15) is 0 Å². The fourth-order valence-electron chi connectivity index (χ4n) is 2.03. The van der Waals surface area contributed by atoms with Crippen LogP contribution in [-0.2, 0) is 6.54 Å². The van der Waals surface area contributed by atoms with Crippen molar-refractivity contribution in [2.75, 3.05) is 6.61 Å². The summed E-state index contributed by atoms with van der Waals surface area (Å²) in [5.41, 5.74) is 0.853. The van der Waals surface area contributed by atoms with E-state index in [1.807, 2.05) is 12.1 Å². The second kappa shape index (κ2) is 10.9. The molecule has 0 aliphatic heterocycles. The molecule has 0 saturated heterocycles. The first-order chi connectivity index (χ1) is 10.1. The SMILES string of the molecule is CCCCCCCCOc1ccc(Cl)c(CNC(C)C)n1. The van der Waals surface area contributed by atoms with Crippen molar-refractivity contribution in [1.29, 1.82) is 0 Å². The van der Waals surface area contributed by atoms with E-state index in [2.05, 4.69) is 31.1 Å². The Labute approximate surface area is 134 Å². The molecule has 0 amide bonds. The summed E-state index contributed by atoms with van der Waals surface area (Å²) >= 11 is 6.15. The van der Waals surface area contributed by atoms with Crippen LogP contribution in [-0.4, -0.2) is 17.6 Å². The van der Waals surface area contributed by atoms with Gasteiger partial charge in [-0.05, 0) is 12.5 Å². The van der Waals surface area contributed by atoms with E-state index in [0.717, 1.165) is 18.7 Å². The third-order valence-electron chi connectivity index (χ3n) is 3.32. The summed E-state index contributed by atoms with van der Waals surface area (Å²) in [7, 11) is 0. The van der Waals surface area contributed by atoms with E-state index in [0.29, 0.717) is 23.5 Å². The first kappa shape index (κ1) is 18.2. The molecule has 3 nitrogen and oxygen atoms in total.